The maximum Gasteiger partial charge on any atom is 0.201 e. The van der Waals surface area contributed by atoms with Crippen LogP contribution in [0.3, 0.4) is 0 Å². The molecule has 4 aromatic rings. The fourth-order valence-electron chi connectivity index (χ4n) is 3.66. The fraction of sp³-hybridized carbons (Fsp3) is 0.160. The van der Waals surface area contributed by atoms with Crippen LogP contribution in [0.5, 0.6) is 0 Å². The van der Waals surface area contributed by atoms with E-state index in [2.05, 4.69) is 31.7 Å². The Bertz CT molecular complexity index is 1400. The van der Waals surface area contributed by atoms with Gasteiger partial charge in [0.05, 0.1) is 29.3 Å². The molecule has 2 aromatic carbocycles. The summed E-state index contributed by atoms with van der Waals surface area (Å²) in [6.45, 7) is 5.83. The molecule has 0 bridgehead atoms. The molecule has 180 valence electrons. The highest BCUT2D eigenvalue weighted by Gasteiger charge is 2.24. The predicted octanol–water partition coefficient (Wildman–Crippen LogP) is 5.87. The lowest BCUT2D eigenvalue weighted by atomic mass is 9.99. The summed E-state index contributed by atoms with van der Waals surface area (Å²) >= 11 is 1.29. The molecule has 0 amide bonds. The number of aliphatic imine (C=N–C) groups is 1. The second kappa shape index (κ2) is 10.7. The van der Waals surface area contributed by atoms with E-state index in [1.54, 1.807) is 12.3 Å². The van der Waals surface area contributed by atoms with E-state index < -0.39 is 23.0 Å². The topological polar surface area (TPSA) is 108 Å². The molecule has 0 aliphatic carbocycles. The van der Waals surface area contributed by atoms with E-state index in [9.17, 15) is 9.18 Å². The average Bonchev–Trinajstić information content (AvgIpc) is 3.29. The summed E-state index contributed by atoms with van der Waals surface area (Å²) in [6.07, 6.45) is 3.94. The Balaban J connectivity index is 1.74. The predicted molar refractivity (Wildman–Crippen MR) is 140 cm³/mol. The van der Waals surface area contributed by atoms with E-state index in [1.165, 1.54) is 24.2 Å². The molecule has 0 saturated heterocycles. The molecule has 35 heavy (non-hydrogen) atoms. The molecule has 0 spiro atoms. The van der Waals surface area contributed by atoms with E-state index in [-0.39, 0.29) is 17.9 Å². The second-order valence-electron chi connectivity index (χ2n) is 7.66. The Morgan fingerprint density at radius 1 is 1.20 bits per heavy atom. The molecule has 7 nitrogen and oxygen atoms in total. The SMILES string of the molecule is C=Nc1cc(-c2cnc3[nH]cc(C(=O)c4c(F)ccc(NSCCC)c4F)c3c2)ccc1NCN. The van der Waals surface area contributed by atoms with Gasteiger partial charge in [-0.05, 0) is 49.0 Å². The first-order chi connectivity index (χ1) is 17.0. The van der Waals surface area contributed by atoms with Crippen LogP contribution in [-0.2, 0) is 0 Å². The summed E-state index contributed by atoms with van der Waals surface area (Å²) in [7, 11) is 0. The molecule has 2 heterocycles. The van der Waals surface area contributed by atoms with Crippen LogP contribution in [0, 0.1) is 11.6 Å². The van der Waals surface area contributed by atoms with Crippen molar-refractivity contribution in [1.29, 1.82) is 0 Å². The van der Waals surface area contributed by atoms with Gasteiger partial charge in [-0.3, -0.25) is 9.79 Å². The largest absolute Gasteiger partial charge is 0.371 e. The highest BCUT2D eigenvalue weighted by atomic mass is 32.2. The molecule has 0 radical (unpaired) electrons. The van der Waals surface area contributed by atoms with Gasteiger partial charge < -0.3 is 20.8 Å². The molecule has 4 rings (SSSR count). The first-order valence-corrected chi connectivity index (χ1v) is 11.9. The van der Waals surface area contributed by atoms with Crippen LogP contribution in [0.4, 0.5) is 25.8 Å². The Morgan fingerprint density at radius 2 is 2.00 bits per heavy atom. The summed E-state index contributed by atoms with van der Waals surface area (Å²) in [5.41, 5.74) is 8.36. The summed E-state index contributed by atoms with van der Waals surface area (Å²) in [6, 6.07) is 9.60. The first kappa shape index (κ1) is 24.4. The molecule has 0 atom stereocenters. The monoisotopic (exact) mass is 494 g/mol. The third-order valence-corrected chi connectivity index (χ3v) is 6.35. The van der Waals surface area contributed by atoms with Gasteiger partial charge in [-0.1, -0.05) is 24.9 Å². The zero-order valence-electron chi connectivity index (χ0n) is 19.0. The van der Waals surface area contributed by atoms with Crippen LogP contribution in [0.25, 0.3) is 22.2 Å². The number of ketones is 1. The van der Waals surface area contributed by atoms with Crippen molar-refractivity contribution in [3.63, 3.8) is 0 Å². The van der Waals surface area contributed by atoms with Gasteiger partial charge in [0.15, 0.2) is 5.82 Å². The minimum absolute atomic E-state index is 0.0579. The number of pyridine rings is 1. The van der Waals surface area contributed by atoms with Gasteiger partial charge in [-0.2, -0.15) is 0 Å². The molecular formula is C25H24F2N6OS. The molecule has 0 fully saturated rings. The normalized spacial score (nSPS) is 11.0. The van der Waals surface area contributed by atoms with Crippen molar-refractivity contribution in [3.8, 4) is 11.1 Å². The third kappa shape index (κ3) is 4.89. The number of hydrogen-bond donors (Lipinski definition) is 4. The van der Waals surface area contributed by atoms with Crippen LogP contribution in [0.2, 0.25) is 0 Å². The van der Waals surface area contributed by atoms with Gasteiger partial charge in [0, 0.05) is 34.7 Å². The molecule has 10 heteroatoms. The van der Waals surface area contributed by atoms with Gasteiger partial charge in [0.25, 0.3) is 0 Å². The van der Waals surface area contributed by atoms with Crippen molar-refractivity contribution in [2.24, 2.45) is 10.7 Å². The van der Waals surface area contributed by atoms with Crippen LogP contribution in [-0.4, -0.2) is 34.9 Å². The number of H-pyrrole nitrogens is 1. The number of fused-ring (bicyclic) bond motifs is 1. The highest BCUT2D eigenvalue weighted by molar-refractivity contribution is 8.00. The lowest BCUT2D eigenvalue weighted by molar-refractivity contribution is 0.103. The molecule has 0 aliphatic heterocycles. The number of nitrogens with one attached hydrogen (secondary N) is 3. The number of nitrogens with zero attached hydrogens (tertiary/aromatic N) is 2. The molecular weight excluding hydrogens is 470 g/mol. The van der Waals surface area contributed by atoms with E-state index >= 15 is 4.39 Å². The number of hydrogen-bond acceptors (Lipinski definition) is 7. The Kier molecular flexibility index (Phi) is 7.42. The van der Waals surface area contributed by atoms with Crippen molar-refractivity contribution in [2.45, 2.75) is 13.3 Å². The number of carbonyl (C=O) groups excluding carboxylic acids is 1. The number of nitrogens with two attached hydrogens (primary N) is 1. The summed E-state index contributed by atoms with van der Waals surface area (Å²) in [5.74, 6) is -1.89. The molecule has 2 aromatic heterocycles. The minimum Gasteiger partial charge on any atom is -0.371 e. The quantitative estimate of drug-likeness (QED) is 0.0722. The van der Waals surface area contributed by atoms with Gasteiger partial charge in [-0.15, -0.1) is 0 Å². The Morgan fingerprint density at radius 3 is 2.74 bits per heavy atom. The van der Waals surface area contributed by atoms with Gasteiger partial charge in [0.1, 0.15) is 11.5 Å². The van der Waals surface area contributed by atoms with Crippen LogP contribution >= 0.6 is 11.9 Å². The second-order valence-corrected chi connectivity index (χ2v) is 8.56. The van der Waals surface area contributed by atoms with Gasteiger partial charge >= 0.3 is 0 Å². The Hall–Kier alpha value is -3.76. The lowest BCUT2D eigenvalue weighted by Crippen LogP contribution is -2.10. The van der Waals surface area contributed by atoms with E-state index in [1.807, 2.05) is 25.1 Å². The van der Waals surface area contributed by atoms with Crippen LogP contribution in [0.15, 0.2) is 53.8 Å². The number of anilines is 2. The summed E-state index contributed by atoms with van der Waals surface area (Å²) in [5, 5.41) is 3.45. The van der Waals surface area contributed by atoms with Crippen molar-refractivity contribution in [2.75, 3.05) is 22.5 Å². The first-order valence-electron chi connectivity index (χ1n) is 10.9. The van der Waals surface area contributed by atoms with Crippen LogP contribution in [0.1, 0.15) is 29.3 Å². The number of carbonyl (C=O) groups is 1. The number of benzene rings is 2. The smallest absolute Gasteiger partial charge is 0.201 e. The van der Waals surface area contributed by atoms with E-state index in [0.717, 1.165) is 29.5 Å². The van der Waals surface area contributed by atoms with Gasteiger partial charge in [0.2, 0.25) is 5.78 Å². The average molecular weight is 495 g/mol. The molecule has 5 N–H and O–H groups in total. The zero-order chi connectivity index (χ0) is 24.9. The Labute approximate surface area is 205 Å². The van der Waals surface area contributed by atoms with E-state index in [4.69, 9.17) is 5.73 Å². The van der Waals surface area contributed by atoms with Gasteiger partial charge in [-0.25, -0.2) is 13.8 Å². The number of rotatable bonds is 10. The van der Waals surface area contributed by atoms with Crippen molar-refractivity contribution < 1.29 is 13.6 Å². The third-order valence-electron chi connectivity index (χ3n) is 5.38. The maximum absolute atomic E-state index is 15.1. The summed E-state index contributed by atoms with van der Waals surface area (Å²) < 4.78 is 32.6. The number of aromatic amines is 1. The maximum atomic E-state index is 15.1. The van der Waals surface area contributed by atoms with Crippen molar-refractivity contribution in [3.05, 3.63) is 71.6 Å². The van der Waals surface area contributed by atoms with E-state index in [0.29, 0.717) is 22.3 Å². The zero-order valence-corrected chi connectivity index (χ0v) is 19.8. The van der Waals surface area contributed by atoms with Crippen molar-refractivity contribution in [1.82, 2.24) is 9.97 Å². The highest BCUT2D eigenvalue weighted by Crippen LogP contribution is 2.33. The fourth-order valence-corrected chi connectivity index (χ4v) is 4.27. The number of halogens is 2. The molecule has 0 saturated carbocycles. The summed E-state index contributed by atoms with van der Waals surface area (Å²) in [4.78, 5) is 24.6. The lowest BCUT2D eigenvalue weighted by Gasteiger charge is -2.11. The number of aromatic nitrogens is 2. The standard InChI is InChI=1S/C25H24F2N6OS/c1-3-8-35-33-20-7-5-18(26)22(23(20)27)24(34)17-12-31-25-16(17)9-15(11-30-25)14-4-6-19(32-13-28)21(10-14)29-2/h4-7,9-12,32-33H,2-3,8,13,28H2,1H3,(H,30,31). The molecule has 0 aliphatic rings. The minimum atomic E-state index is -0.929. The van der Waals surface area contributed by atoms with Crippen LogP contribution < -0.4 is 15.8 Å². The molecule has 0 unspecified atom stereocenters. The van der Waals surface area contributed by atoms with Crippen molar-refractivity contribution >= 4 is 52.5 Å².